The Labute approximate surface area is 224 Å². The summed E-state index contributed by atoms with van der Waals surface area (Å²) in [6, 6.07) is 8.75. The van der Waals surface area contributed by atoms with Gasteiger partial charge in [-0.25, -0.2) is 18.7 Å². The Morgan fingerprint density at radius 2 is 1.50 bits per heavy atom. The van der Waals surface area contributed by atoms with Crippen LogP contribution in [0.25, 0.3) is 0 Å². The number of nitrogens with two attached hydrogens (primary N) is 1. The van der Waals surface area contributed by atoms with E-state index in [-0.39, 0.29) is 34.6 Å². The van der Waals surface area contributed by atoms with Crippen molar-refractivity contribution in [2.45, 2.75) is 88.5 Å². The Morgan fingerprint density at radius 3 is 1.89 bits per heavy atom. The summed E-state index contributed by atoms with van der Waals surface area (Å²) in [5.74, 6) is -1.58. The number of rotatable bonds is 11. The van der Waals surface area contributed by atoms with Crippen molar-refractivity contribution in [3.05, 3.63) is 64.2 Å². The largest absolute Gasteiger partial charge is 0.480 e. The number of aliphatic hydroxyl groups is 1. The number of hydrazone groups is 1. The molecule has 0 radical (unpaired) electrons. The molecule has 0 heterocycles. The lowest BCUT2D eigenvalue weighted by molar-refractivity contribution is -0.139. The molecule has 0 saturated heterocycles. The third kappa shape index (κ3) is 6.64. The minimum absolute atomic E-state index is 0.0155. The summed E-state index contributed by atoms with van der Waals surface area (Å²) >= 11 is 0. The van der Waals surface area contributed by atoms with Gasteiger partial charge in [-0.15, -0.1) is 5.10 Å². The highest BCUT2D eigenvalue weighted by Crippen LogP contribution is 2.42. The van der Waals surface area contributed by atoms with Gasteiger partial charge >= 0.3 is 5.97 Å². The zero-order valence-corrected chi connectivity index (χ0v) is 23.8. The Kier molecular flexibility index (Phi) is 9.93. The number of nitrogens with zero attached hydrogens (tertiary/aromatic N) is 1. The van der Waals surface area contributed by atoms with Crippen molar-refractivity contribution < 1.29 is 28.6 Å². The molecule has 1 unspecified atom stereocenters. The number of nitrogens with one attached hydrogen (secondary N) is 2. The van der Waals surface area contributed by atoms with Gasteiger partial charge in [-0.1, -0.05) is 77.9 Å². The van der Waals surface area contributed by atoms with Gasteiger partial charge in [0.05, 0.1) is 4.90 Å². The van der Waals surface area contributed by atoms with Gasteiger partial charge in [0.2, 0.25) is 15.8 Å². The SMILES string of the molecule is CC(C)c1cc(C(C)C)c(S(=O)(=O)C(C)(O)c2ccc(C[C@H](NN=C(N)NO)C(=O)O)cc2)c(C(C)C)c1. The lowest BCUT2D eigenvalue weighted by Crippen LogP contribution is -2.39. The third-order valence-electron chi connectivity index (χ3n) is 6.55. The van der Waals surface area contributed by atoms with Crippen LogP contribution in [0.1, 0.15) is 94.0 Å². The number of hydroxylamine groups is 1. The van der Waals surface area contributed by atoms with Gasteiger partial charge in [0.1, 0.15) is 6.04 Å². The van der Waals surface area contributed by atoms with E-state index in [1.807, 2.05) is 39.8 Å². The van der Waals surface area contributed by atoms with Crippen LogP contribution in [0, 0.1) is 0 Å². The van der Waals surface area contributed by atoms with Crippen molar-refractivity contribution >= 4 is 21.8 Å². The Bertz CT molecular complexity index is 1240. The van der Waals surface area contributed by atoms with Crippen LogP contribution in [0.3, 0.4) is 0 Å². The molecule has 0 spiro atoms. The molecule has 2 rings (SSSR count). The number of carbonyl (C=O) groups is 1. The lowest BCUT2D eigenvalue weighted by atomic mass is 9.89. The highest BCUT2D eigenvalue weighted by molar-refractivity contribution is 7.92. The maximum atomic E-state index is 14.1. The van der Waals surface area contributed by atoms with E-state index < -0.39 is 32.7 Å². The van der Waals surface area contributed by atoms with Gasteiger partial charge in [0.15, 0.2) is 4.93 Å². The van der Waals surface area contributed by atoms with Crippen LogP contribution < -0.4 is 16.6 Å². The van der Waals surface area contributed by atoms with Crippen molar-refractivity contribution in [2.24, 2.45) is 10.8 Å². The monoisotopic (exact) mass is 548 g/mol. The molecule has 2 aromatic rings. The Balaban J connectivity index is 2.54. The van der Waals surface area contributed by atoms with Crippen LogP contribution in [0.2, 0.25) is 0 Å². The van der Waals surface area contributed by atoms with Gasteiger partial charge < -0.3 is 15.9 Å². The van der Waals surface area contributed by atoms with Crippen molar-refractivity contribution in [1.82, 2.24) is 10.9 Å². The molecule has 0 aromatic heterocycles. The van der Waals surface area contributed by atoms with E-state index >= 15 is 0 Å². The lowest BCUT2D eigenvalue weighted by Gasteiger charge is -2.30. The molecule has 0 saturated carbocycles. The number of hydrogen-bond acceptors (Lipinski definition) is 7. The van der Waals surface area contributed by atoms with Crippen LogP contribution in [0.15, 0.2) is 46.4 Å². The van der Waals surface area contributed by atoms with E-state index in [0.29, 0.717) is 16.7 Å². The first-order valence-corrected chi connectivity index (χ1v) is 14.0. The van der Waals surface area contributed by atoms with E-state index in [1.165, 1.54) is 19.1 Å². The molecule has 2 atom stereocenters. The maximum absolute atomic E-state index is 14.1. The van der Waals surface area contributed by atoms with Gasteiger partial charge in [-0.3, -0.25) is 10.6 Å². The first-order chi connectivity index (χ1) is 17.5. The van der Waals surface area contributed by atoms with Crippen LogP contribution in [-0.4, -0.2) is 41.8 Å². The zero-order chi connectivity index (χ0) is 29.0. The summed E-state index contributed by atoms with van der Waals surface area (Å²) in [7, 11) is -4.27. The van der Waals surface area contributed by atoms with Crippen molar-refractivity contribution in [3.63, 3.8) is 0 Å². The first-order valence-electron chi connectivity index (χ1n) is 12.5. The van der Waals surface area contributed by atoms with E-state index in [2.05, 4.69) is 24.4 Å². The van der Waals surface area contributed by atoms with E-state index in [4.69, 9.17) is 10.9 Å². The highest BCUT2D eigenvalue weighted by Gasteiger charge is 2.43. The molecule has 0 aliphatic carbocycles. The van der Waals surface area contributed by atoms with E-state index in [9.17, 15) is 23.4 Å². The first kappa shape index (κ1) is 31.1. The second-order valence-electron chi connectivity index (χ2n) is 10.5. The molecule has 11 heteroatoms. The van der Waals surface area contributed by atoms with Crippen LogP contribution in [0.4, 0.5) is 0 Å². The predicted octanol–water partition coefficient (Wildman–Crippen LogP) is 3.49. The Hall–Kier alpha value is -3.15. The fourth-order valence-corrected chi connectivity index (χ4v) is 6.15. The fraction of sp³-hybridized carbons (Fsp3) is 0.481. The summed E-state index contributed by atoms with van der Waals surface area (Å²) in [5.41, 5.74) is 12.3. The summed E-state index contributed by atoms with van der Waals surface area (Å²) in [6.07, 6.45) is -0.0155. The molecule has 0 bridgehead atoms. The molecule has 2 aromatic carbocycles. The van der Waals surface area contributed by atoms with Crippen LogP contribution in [-0.2, 0) is 26.0 Å². The Morgan fingerprint density at radius 1 is 1.00 bits per heavy atom. The van der Waals surface area contributed by atoms with Gasteiger partial charge in [0, 0.05) is 6.42 Å². The maximum Gasteiger partial charge on any atom is 0.328 e. The normalized spacial score (nSPS) is 15.0. The molecule has 210 valence electrons. The summed E-state index contributed by atoms with van der Waals surface area (Å²) in [5, 5.41) is 33.2. The van der Waals surface area contributed by atoms with E-state index in [1.54, 1.807) is 17.6 Å². The summed E-state index contributed by atoms with van der Waals surface area (Å²) in [4.78, 5) is 9.50. The molecular formula is C27H40N4O6S. The molecule has 0 fully saturated rings. The van der Waals surface area contributed by atoms with Crippen molar-refractivity contribution in [2.75, 3.05) is 0 Å². The van der Waals surface area contributed by atoms with Gasteiger partial charge in [-0.05, 0) is 52.5 Å². The topological polar surface area (TPSA) is 174 Å². The second-order valence-corrected chi connectivity index (χ2v) is 12.7. The minimum atomic E-state index is -4.27. The molecule has 0 amide bonds. The number of aliphatic carboxylic acids is 1. The molecule has 0 aliphatic rings. The number of carboxylic acids is 1. The number of carboxylic acid groups (broad SMARTS) is 1. The summed E-state index contributed by atoms with van der Waals surface area (Å²) < 4.78 is 28.2. The predicted molar refractivity (Wildman–Crippen MR) is 147 cm³/mol. The number of sulfone groups is 1. The second kappa shape index (κ2) is 12.1. The number of benzene rings is 2. The molecule has 0 aliphatic heterocycles. The third-order valence-corrected chi connectivity index (χ3v) is 8.85. The molecule has 38 heavy (non-hydrogen) atoms. The highest BCUT2D eigenvalue weighted by atomic mass is 32.2. The average Bonchev–Trinajstić information content (AvgIpc) is 2.85. The zero-order valence-electron chi connectivity index (χ0n) is 23.0. The van der Waals surface area contributed by atoms with E-state index in [0.717, 1.165) is 5.56 Å². The fourth-order valence-electron chi connectivity index (χ4n) is 4.10. The smallest absolute Gasteiger partial charge is 0.328 e. The van der Waals surface area contributed by atoms with Crippen molar-refractivity contribution in [1.29, 1.82) is 0 Å². The summed E-state index contributed by atoms with van der Waals surface area (Å²) in [6.45, 7) is 13.1. The average molecular weight is 549 g/mol. The van der Waals surface area contributed by atoms with Gasteiger partial charge in [-0.2, -0.15) is 0 Å². The van der Waals surface area contributed by atoms with Crippen LogP contribution >= 0.6 is 0 Å². The minimum Gasteiger partial charge on any atom is -0.480 e. The molecular weight excluding hydrogens is 508 g/mol. The number of guanidine groups is 1. The molecule has 7 N–H and O–H groups in total. The quantitative estimate of drug-likeness (QED) is 0.139. The molecule has 10 nitrogen and oxygen atoms in total. The van der Waals surface area contributed by atoms with Crippen LogP contribution in [0.5, 0.6) is 0 Å². The number of hydrogen-bond donors (Lipinski definition) is 6. The van der Waals surface area contributed by atoms with Crippen molar-refractivity contribution in [3.8, 4) is 0 Å². The standard InChI is InChI=1S/C27H40N4O6S/c1-15(2)19-13-21(16(3)4)24(22(14-19)17(5)6)38(36,37)27(7,34)20-10-8-18(9-11-20)12-23(25(32)33)29-30-26(28)31-35/h8-11,13-17,23,29,34-35H,12H2,1-7H3,(H,32,33)(H3,28,30,31)/t23-,27?/m0/s1. The van der Waals surface area contributed by atoms with Gasteiger partial charge in [0.25, 0.3) is 0 Å².